The van der Waals surface area contributed by atoms with E-state index in [1.54, 1.807) is 11.8 Å². The lowest BCUT2D eigenvalue weighted by Gasteiger charge is -2.27. The average molecular weight is 270 g/mol. The van der Waals surface area contributed by atoms with Crippen LogP contribution in [-0.4, -0.2) is 53.3 Å². The second-order valence-electron chi connectivity index (χ2n) is 5.46. The number of rotatable bonds is 3. The van der Waals surface area contributed by atoms with Crippen LogP contribution in [0.15, 0.2) is 0 Å². The van der Waals surface area contributed by atoms with Crippen molar-refractivity contribution in [3.63, 3.8) is 0 Å². The van der Waals surface area contributed by atoms with Crippen LogP contribution in [0.5, 0.6) is 0 Å². The summed E-state index contributed by atoms with van der Waals surface area (Å²) in [6.07, 6.45) is 2.61. The van der Waals surface area contributed by atoms with Crippen molar-refractivity contribution in [1.29, 1.82) is 0 Å². The van der Waals surface area contributed by atoms with Crippen molar-refractivity contribution in [3.8, 4) is 0 Å². The molecule has 0 radical (unpaired) electrons. The Kier molecular flexibility index (Phi) is 4.29. The Morgan fingerprint density at radius 1 is 1.42 bits per heavy atom. The summed E-state index contributed by atoms with van der Waals surface area (Å²) in [6.45, 7) is 4.99. The van der Waals surface area contributed by atoms with E-state index in [4.69, 9.17) is 9.84 Å². The number of hydrogen-bond donors (Lipinski definition) is 2. The van der Waals surface area contributed by atoms with Gasteiger partial charge in [-0.2, -0.15) is 0 Å². The van der Waals surface area contributed by atoms with Gasteiger partial charge in [-0.05, 0) is 33.1 Å². The van der Waals surface area contributed by atoms with Gasteiger partial charge in [0.15, 0.2) is 0 Å². The topological polar surface area (TPSA) is 78.9 Å². The molecule has 0 aromatic heterocycles. The minimum Gasteiger partial charge on any atom is -0.481 e. The minimum absolute atomic E-state index is 0.0360. The molecule has 0 aromatic rings. The van der Waals surface area contributed by atoms with E-state index in [1.165, 1.54) is 0 Å². The molecule has 0 bridgehead atoms. The van der Waals surface area contributed by atoms with E-state index < -0.39 is 11.9 Å². The molecule has 0 aliphatic carbocycles. The fourth-order valence-corrected chi connectivity index (χ4v) is 2.92. The van der Waals surface area contributed by atoms with Crippen molar-refractivity contribution < 1.29 is 19.4 Å². The Morgan fingerprint density at radius 2 is 2.16 bits per heavy atom. The molecule has 0 spiro atoms. The molecule has 6 nitrogen and oxygen atoms in total. The first-order valence-electron chi connectivity index (χ1n) is 6.92. The van der Waals surface area contributed by atoms with Gasteiger partial charge >= 0.3 is 12.0 Å². The Labute approximate surface area is 113 Å². The molecule has 2 fully saturated rings. The predicted octanol–water partition coefficient (Wildman–Crippen LogP) is 1.06. The van der Waals surface area contributed by atoms with Crippen LogP contribution in [0.3, 0.4) is 0 Å². The number of carboxylic acids is 1. The van der Waals surface area contributed by atoms with Crippen LogP contribution in [0.2, 0.25) is 0 Å². The number of nitrogens with zero attached hydrogens (tertiary/aromatic N) is 1. The highest BCUT2D eigenvalue weighted by molar-refractivity contribution is 5.78. The third kappa shape index (κ3) is 3.00. The second kappa shape index (κ2) is 5.77. The van der Waals surface area contributed by atoms with Gasteiger partial charge < -0.3 is 20.1 Å². The molecule has 2 amide bonds. The summed E-state index contributed by atoms with van der Waals surface area (Å²) < 4.78 is 5.54. The molecule has 2 aliphatic heterocycles. The average Bonchev–Trinajstić information content (AvgIpc) is 2.96. The highest BCUT2D eigenvalue weighted by Gasteiger charge is 2.38. The van der Waals surface area contributed by atoms with Crippen molar-refractivity contribution in [2.24, 2.45) is 5.92 Å². The largest absolute Gasteiger partial charge is 0.481 e. The van der Waals surface area contributed by atoms with Crippen LogP contribution in [0.25, 0.3) is 0 Å². The first-order chi connectivity index (χ1) is 9.00. The number of nitrogens with one attached hydrogen (secondary N) is 1. The van der Waals surface area contributed by atoms with Crippen LogP contribution in [0, 0.1) is 5.92 Å². The van der Waals surface area contributed by atoms with Crippen molar-refractivity contribution >= 4 is 12.0 Å². The van der Waals surface area contributed by atoms with Crippen molar-refractivity contribution in [1.82, 2.24) is 10.2 Å². The normalized spacial score (nSPS) is 32.3. The van der Waals surface area contributed by atoms with Gasteiger partial charge in [0.25, 0.3) is 0 Å². The summed E-state index contributed by atoms with van der Waals surface area (Å²) in [7, 11) is 0. The minimum atomic E-state index is -0.824. The van der Waals surface area contributed by atoms with Gasteiger partial charge in [-0.15, -0.1) is 0 Å². The van der Waals surface area contributed by atoms with Crippen LogP contribution >= 0.6 is 0 Å². The SMILES string of the molecule is CC(NC(=O)N1CCC(C(=O)O)C1C)C1CCCO1. The van der Waals surface area contributed by atoms with E-state index in [1.807, 2.05) is 6.92 Å². The maximum atomic E-state index is 12.2. The summed E-state index contributed by atoms with van der Waals surface area (Å²) in [5, 5.41) is 12.0. The molecule has 19 heavy (non-hydrogen) atoms. The summed E-state index contributed by atoms with van der Waals surface area (Å²) in [5.74, 6) is -1.28. The molecular weight excluding hydrogens is 248 g/mol. The third-order valence-electron chi connectivity index (χ3n) is 4.21. The van der Waals surface area contributed by atoms with Gasteiger partial charge in [-0.1, -0.05) is 0 Å². The summed E-state index contributed by atoms with van der Waals surface area (Å²) in [5.41, 5.74) is 0. The number of carbonyl (C=O) groups is 2. The number of aliphatic carboxylic acids is 1. The fourth-order valence-electron chi connectivity index (χ4n) is 2.92. The van der Waals surface area contributed by atoms with E-state index >= 15 is 0 Å². The van der Waals surface area contributed by atoms with Crippen molar-refractivity contribution in [2.75, 3.05) is 13.2 Å². The zero-order valence-electron chi connectivity index (χ0n) is 11.5. The number of amides is 2. The number of hydrogen-bond acceptors (Lipinski definition) is 3. The van der Waals surface area contributed by atoms with Gasteiger partial charge in [-0.3, -0.25) is 4.79 Å². The Hall–Kier alpha value is -1.30. The lowest BCUT2D eigenvalue weighted by atomic mass is 10.0. The molecule has 2 heterocycles. The molecule has 2 N–H and O–H groups in total. The Bertz CT molecular complexity index is 355. The number of carboxylic acid groups (broad SMARTS) is 1. The summed E-state index contributed by atoms with van der Waals surface area (Å²) >= 11 is 0. The Morgan fingerprint density at radius 3 is 2.68 bits per heavy atom. The van der Waals surface area contributed by atoms with Gasteiger partial charge in [-0.25, -0.2) is 4.79 Å². The molecule has 2 rings (SSSR count). The van der Waals surface area contributed by atoms with E-state index in [9.17, 15) is 9.59 Å². The molecular formula is C13H22N2O4. The van der Waals surface area contributed by atoms with E-state index in [0.717, 1.165) is 19.4 Å². The van der Waals surface area contributed by atoms with Gasteiger partial charge in [0.2, 0.25) is 0 Å². The van der Waals surface area contributed by atoms with Crippen molar-refractivity contribution in [2.45, 2.75) is 51.3 Å². The van der Waals surface area contributed by atoms with Crippen LogP contribution < -0.4 is 5.32 Å². The van der Waals surface area contributed by atoms with E-state index in [2.05, 4.69) is 5.32 Å². The summed E-state index contributed by atoms with van der Waals surface area (Å²) in [6, 6.07) is -0.473. The van der Waals surface area contributed by atoms with E-state index in [0.29, 0.717) is 13.0 Å². The fraction of sp³-hybridized carbons (Fsp3) is 0.846. The quantitative estimate of drug-likeness (QED) is 0.803. The van der Waals surface area contributed by atoms with E-state index in [-0.39, 0.29) is 24.2 Å². The second-order valence-corrected chi connectivity index (χ2v) is 5.46. The third-order valence-corrected chi connectivity index (χ3v) is 4.21. The van der Waals surface area contributed by atoms with Gasteiger partial charge in [0.05, 0.1) is 18.1 Å². The summed E-state index contributed by atoms with van der Waals surface area (Å²) in [4.78, 5) is 24.8. The highest BCUT2D eigenvalue weighted by Crippen LogP contribution is 2.24. The van der Waals surface area contributed by atoms with Crippen LogP contribution in [0.4, 0.5) is 4.79 Å². The maximum Gasteiger partial charge on any atom is 0.317 e. The molecule has 0 saturated carbocycles. The zero-order valence-corrected chi connectivity index (χ0v) is 11.5. The number of urea groups is 1. The molecule has 2 saturated heterocycles. The maximum absolute atomic E-state index is 12.2. The Balaban J connectivity index is 1.88. The van der Waals surface area contributed by atoms with Crippen LogP contribution in [0.1, 0.15) is 33.1 Å². The monoisotopic (exact) mass is 270 g/mol. The smallest absolute Gasteiger partial charge is 0.317 e. The van der Waals surface area contributed by atoms with Gasteiger partial charge in [0.1, 0.15) is 0 Å². The molecule has 2 aliphatic rings. The zero-order chi connectivity index (χ0) is 14.0. The first kappa shape index (κ1) is 14.1. The number of ether oxygens (including phenoxy) is 1. The standard InChI is InChI=1S/C13H22N2O4/c1-8(11-4-3-7-19-11)14-13(18)15-6-5-10(9(15)2)12(16)17/h8-11H,3-7H2,1-2H3,(H,14,18)(H,16,17). The van der Waals surface area contributed by atoms with Crippen LogP contribution in [-0.2, 0) is 9.53 Å². The molecule has 0 aromatic carbocycles. The number of likely N-dealkylation sites (tertiary alicyclic amines) is 1. The molecule has 4 unspecified atom stereocenters. The molecule has 108 valence electrons. The molecule has 6 heteroatoms. The van der Waals surface area contributed by atoms with Crippen molar-refractivity contribution in [3.05, 3.63) is 0 Å². The van der Waals surface area contributed by atoms with Gasteiger partial charge in [0, 0.05) is 19.2 Å². The molecule has 4 atom stereocenters. The number of carbonyl (C=O) groups excluding carboxylic acids is 1. The first-order valence-corrected chi connectivity index (χ1v) is 6.92. The highest BCUT2D eigenvalue weighted by atomic mass is 16.5. The lowest BCUT2D eigenvalue weighted by Crippen LogP contribution is -2.49. The lowest BCUT2D eigenvalue weighted by molar-refractivity contribution is -0.142. The predicted molar refractivity (Wildman–Crippen MR) is 68.9 cm³/mol.